The minimum atomic E-state index is -0.931. The summed E-state index contributed by atoms with van der Waals surface area (Å²) < 4.78 is 0. The second-order valence-electron chi connectivity index (χ2n) is 1.72. The molecule has 0 saturated carbocycles. The first-order valence-electron chi connectivity index (χ1n) is 3.60. The van der Waals surface area contributed by atoms with Crippen LogP contribution in [0.1, 0.15) is 20.8 Å². The summed E-state index contributed by atoms with van der Waals surface area (Å²) in [4.78, 5) is 2.38. The van der Waals surface area contributed by atoms with Gasteiger partial charge in [-0.15, -0.1) is 0 Å². The summed E-state index contributed by atoms with van der Waals surface area (Å²) in [5.74, 6) is 0. The zero-order valence-electron chi connectivity index (χ0n) is 7.03. The molecule has 0 bridgehead atoms. The Morgan fingerprint density at radius 1 is 1.00 bits per heavy atom. The molecule has 0 aromatic carbocycles. The first kappa shape index (κ1) is 14.3. The number of nitrogens with zero attached hydrogens (tertiary/aromatic N) is 1. The van der Waals surface area contributed by atoms with Gasteiger partial charge in [-0.05, 0) is 19.6 Å². The van der Waals surface area contributed by atoms with Crippen LogP contribution in [-0.4, -0.2) is 55.4 Å². The predicted molar refractivity (Wildman–Crippen MR) is 50.9 cm³/mol. The van der Waals surface area contributed by atoms with Crippen molar-refractivity contribution in [3.63, 3.8) is 0 Å². The molecule has 0 spiro atoms. The second-order valence-corrected chi connectivity index (χ2v) is 5.37. The van der Waals surface area contributed by atoms with Crippen molar-refractivity contribution >= 4 is 43.6 Å². The third kappa shape index (κ3) is 12.5. The first-order chi connectivity index (χ1) is 4.76. The summed E-state index contributed by atoms with van der Waals surface area (Å²) in [6, 6.07) is 0. The van der Waals surface area contributed by atoms with Gasteiger partial charge in [0.05, 0.1) is 0 Å². The van der Waals surface area contributed by atoms with Gasteiger partial charge in [0, 0.05) is 0 Å². The summed E-state index contributed by atoms with van der Waals surface area (Å²) in [6.45, 7) is 10.1. The molecule has 0 amide bonds. The van der Waals surface area contributed by atoms with Gasteiger partial charge < -0.3 is 4.90 Å². The molecule has 0 aromatic heterocycles. The zero-order valence-corrected chi connectivity index (χ0v) is 10.8. The fourth-order valence-electron chi connectivity index (χ4n) is 0.671. The van der Waals surface area contributed by atoms with Crippen LogP contribution in [0.15, 0.2) is 0 Å². The monoisotopic (exact) mass is 211 g/mol. The van der Waals surface area contributed by atoms with Gasteiger partial charge in [0.1, 0.15) is 0 Å². The Labute approximate surface area is 87.8 Å². The molecule has 4 heteroatoms. The van der Waals surface area contributed by atoms with Crippen molar-refractivity contribution in [2.75, 3.05) is 19.6 Å². The fraction of sp³-hybridized carbons (Fsp3) is 1.00. The van der Waals surface area contributed by atoms with E-state index < -0.39 is 30.8 Å². The summed E-state index contributed by atoms with van der Waals surface area (Å²) in [5, 5.41) is 0. The van der Waals surface area contributed by atoms with Crippen LogP contribution >= 0.6 is 12.8 Å². The van der Waals surface area contributed by atoms with Gasteiger partial charge in [0.2, 0.25) is 0 Å². The third-order valence-corrected chi connectivity index (χ3v) is 1.34. The Balaban J connectivity index is 0. The first-order valence-corrected chi connectivity index (χ1v) is 9.68. The van der Waals surface area contributed by atoms with Gasteiger partial charge in [-0.3, -0.25) is 0 Å². The Kier molecular flexibility index (Phi) is 19.2. The quantitative estimate of drug-likeness (QED) is 0.649. The summed E-state index contributed by atoms with van der Waals surface area (Å²) in [6.07, 6.45) is 9.90. The topological polar surface area (TPSA) is 3.24 Å². The summed E-state index contributed by atoms with van der Waals surface area (Å²) in [7, 11) is 0. The zero-order chi connectivity index (χ0) is 8.41. The number of hydrogen-bond donors (Lipinski definition) is 0. The van der Waals surface area contributed by atoms with Crippen molar-refractivity contribution in [1.29, 1.82) is 0 Å². The number of halogens is 2. The second kappa shape index (κ2) is 13.4. The van der Waals surface area contributed by atoms with Crippen molar-refractivity contribution in [3.05, 3.63) is 0 Å². The SMILES string of the molecule is CCN(CC)CC.[Cl][Ca][Cl]. The van der Waals surface area contributed by atoms with Crippen LogP contribution in [0.3, 0.4) is 0 Å². The minimum absolute atomic E-state index is 0.931. The van der Waals surface area contributed by atoms with E-state index in [4.69, 9.17) is 12.8 Å². The van der Waals surface area contributed by atoms with Crippen LogP contribution in [0.5, 0.6) is 0 Å². The van der Waals surface area contributed by atoms with Crippen LogP contribution in [0.25, 0.3) is 0 Å². The maximum atomic E-state index is 4.95. The van der Waals surface area contributed by atoms with Crippen molar-refractivity contribution in [2.45, 2.75) is 20.8 Å². The van der Waals surface area contributed by atoms with Crippen molar-refractivity contribution in [3.8, 4) is 0 Å². The average molecular weight is 212 g/mol. The van der Waals surface area contributed by atoms with E-state index in [0.29, 0.717) is 0 Å². The van der Waals surface area contributed by atoms with Crippen molar-refractivity contribution < 1.29 is 0 Å². The molecule has 1 nitrogen and oxygen atoms in total. The number of rotatable bonds is 3. The predicted octanol–water partition coefficient (Wildman–Crippen LogP) is 2.35. The molecule has 60 valence electrons. The van der Waals surface area contributed by atoms with Gasteiger partial charge in [0.15, 0.2) is 0 Å². The van der Waals surface area contributed by atoms with Gasteiger partial charge in [-0.2, -0.15) is 0 Å². The summed E-state index contributed by atoms with van der Waals surface area (Å²) >= 11 is -0.931. The van der Waals surface area contributed by atoms with Crippen LogP contribution in [0.4, 0.5) is 0 Å². The molecular weight excluding hydrogens is 197 g/mol. The molecule has 0 heterocycles. The van der Waals surface area contributed by atoms with Crippen LogP contribution in [0.2, 0.25) is 0 Å². The van der Waals surface area contributed by atoms with E-state index in [0.717, 1.165) is 0 Å². The molecular formula is C6H15CaCl2N. The standard InChI is InChI=1S/C6H15N.Ca.2ClH/c1-4-7(5-2)6-3;;;/h4-6H2,1-3H3;;2*1H/q;+2;;/p-2. The molecule has 0 aliphatic rings. The molecule has 0 aliphatic carbocycles. The van der Waals surface area contributed by atoms with Gasteiger partial charge in [0.25, 0.3) is 0 Å². The molecule has 0 aliphatic heterocycles. The van der Waals surface area contributed by atoms with E-state index in [1.807, 2.05) is 0 Å². The average Bonchev–Trinajstić information content (AvgIpc) is 1.93. The van der Waals surface area contributed by atoms with E-state index in [9.17, 15) is 0 Å². The molecule has 0 atom stereocenters. The van der Waals surface area contributed by atoms with E-state index >= 15 is 0 Å². The van der Waals surface area contributed by atoms with Gasteiger partial charge in [-0.25, -0.2) is 0 Å². The Bertz CT molecular complexity index is 45.5. The van der Waals surface area contributed by atoms with E-state index in [2.05, 4.69) is 25.7 Å². The molecule has 0 fully saturated rings. The molecule has 0 aromatic rings. The van der Waals surface area contributed by atoms with E-state index in [1.54, 1.807) is 0 Å². The Hall–Kier alpha value is 1.80. The summed E-state index contributed by atoms with van der Waals surface area (Å²) in [5.41, 5.74) is 0. The van der Waals surface area contributed by atoms with Crippen molar-refractivity contribution in [1.82, 2.24) is 4.90 Å². The van der Waals surface area contributed by atoms with Gasteiger partial charge >= 0.3 is 43.6 Å². The van der Waals surface area contributed by atoms with Crippen LogP contribution in [-0.2, 0) is 0 Å². The van der Waals surface area contributed by atoms with Crippen LogP contribution < -0.4 is 0 Å². The van der Waals surface area contributed by atoms with E-state index in [1.165, 1.54) is 19.6 Å². The van der Waals surface area contributed by atoms with Crippen molar-refractivity contribution in [2.24, 2.45) is 0 Å². The maximum absolute atomic E-state index is 4.95. The molecule has 0 N–H and O–H groups in total. The van der Waals surface area contributed by atoms with Crippen LogP contribution in [0, 0.1) is 0 Å². The molecule has 10 heavy (non-hydrogen) atoms. The third-order valence-electron chi connectivity index (χ3n) is 1.34. The Morgan fingerprint density at radius 2 is 1.20 bits per heavy atom. The van der Waals surface area contributed by atoms with Gasteiger partial charge in [-0.1, -0.05) is 20.8 Å². The Morgan fingerprint density at radius 3 is 1.20 bits per heavy atom. The molecule has 0 unspecified atom stereocenters. The normalized spacial score (nSPS) is 8.20. The van der Waals surface area contributed by atoms with E-state index in [-0.39, 0.29) is 0 Å². The fourth-order valence-corrected chi connectivity index (χ4v) is 0.671. The molecule has 0 rings (SSSR count). The number of hydrogen-bond acceptors (Lipinski definition) is 1. The molecule has 0 saturated heterocycles. The molecule has 0 radical (unpaired) electrons.